The van der Waals surface area contributed by atoms with Crippen molar-refractivity contribution in [2.45, 2.75) is 11.3 Å². The molecule has 0 saturated heterocycles. The van der Waals surface area contributed by atoms with Crippen LogP contribution in [0.3, 0.4) is 0 Å². The Balaban J connectivity index is 2.63. The second kappa shape index (κ2) is 5.78. The lowest BCUT2D eigenvalue weighted by Crippen LogP contribution is -2.26. The van der Waals surface area contributed by atoms with Gasteiger partial charge in [-0.2, -0.15) is 0 Å². The lowest BCUT2D eigenvalue weighted by atomic mass is 10.5. The molecule has 0 radical (unpaired) electrons. The summed E-state index contributed by atoms with van der Waals surface area (Å²) in [6.45, 7) is 0.795. The highest BCUT2D eigenvalue weighted by Crippen LogP contribution is 2.03. The van der Waals surface area contributed by atoms with E-state index in [0.29, 0.717) is 19.6 Å². The first-order valence-electron chi connectivity index (χ1n) is 4.73. The van der Waals surface area contributed by atoms with Crippen LogP contribution in [-0.2, 0) is 14.8 Å². The Morgan fingerprint density at radius 2 is 2.19 bits per heavy atom. The van der Waals surface area contributed by atoms with Crippen LogP contribution < -0.4 is 10.3 Å². The number of H-pyrrole nitrogens is 1. The molecule has 0 aliphatic rings. The highest BCUT2D eigenvalue weighted by molar-refractivity contribution is 7.89. The molecule has 16 heavy (non-hydrogen) atoms. The van der Waals surface area contributed by atoms with Gasteiger partial charge in [0.15, 0.2) is 0 Å². The van der Waals surface area contributed by atoms with Crippen LogP contribution in [0.5, 0.6) is 0 Å². The van der Waals surface area contributed by atoms with E-state index >= 15 is 0 Å². The Hall–Kier alpha value is -1.18. The minimum absolute atomic E-state index is 0.0458. The first-order valence-corrected chi connectivity index (χ1v) is 6.22. The third-order valence-corrected chi connectivity index (χ3v) is 3.34. The molecular formula is C9H14N2O4S. The van der Waals surface area contributed by atoms with Gasteiger partial charge in [0, 0.05) is 32.5 Å². The molecule has 0 amide bonds. The Labute approximate surface area is 93.7 Å². The Morgan fingerprint density at radius 1 is 1.44 bits per heavy atom. The summed E-state index contributed by atoms with van der Waals surface area (Å²) in [5.41, 5.74) is -0.335. The number of rotatable bonds is 6. The van der Waals surface area contributed by atoms with Gasteiger partial charge in [0.1, 0.15) is 0 Å². The van der Waals surface area contributed by atoms with Crippen molar-refractivity contribution in [2.24, 2.45) is 0 Å². The minimum Gasteiger partial charge on any atom is -0.385 e. The van der Waals surface area contributed by atoms with E-state index in [1.54, 1.807) is 7.11 Å². The summed E-state index contributed by atoms with van der Waals surface area (Å²) in [5.74, 6) is 0. The number of hydrogen-bond donors (Lipinski definition) is 2. The molecule has 1 rings (SSSR count). The maximum atomic E-state index is 11.6. The van der Waals surface area contributed by atoms with Gasteiger partial charge in [-0.05, 0) is 12.5 Å². The number of aromatic nitrogens is 1. The average molecular weight is 246 g/mol. The molecule has 0 unspecified atom stereocenters. The Morgan fingerprint density at radius 3 is 2.75 bits per heavy atom. The molecule has 0 bridgehead atoms. The fourth-order valence-electron chi connectivity index (χ4n) is 1.07. The number of ether oxygens (including phenoxy) is 1. The standard InChI is InChI=1S/C9H14N2O4S/c1-15-6-2-5-11-16(13,14)8-3-4-9(12)10-7-8/h3-4,7,11H,2,5-6H2,1H3,(H,10,12). The molecule has 0 aliphatic heterocycles. The number of hydrogen-bond acceptors (Lipinski definition) is 4. The Kier molecular flexibility index (Phi) is 4.66. The van der Waals surface area contributed by atoms with Crippen LogP contribution in [0.4, 0.5) is 0 Å². The van der Waals surface area contributed by atoms with Crippen molar-refractivity contribution >= 4 is 10.0 Å². The van der Waals surface area contributed by atoms with Crippen LogP contribution in [0, 0.1) is 0 Å². The van der Waals surface area contributed by atoms with E-state index in [0.717, 1.165) is 0 Å². The van der Waals surface area contributed by atoms with E-state index < -0.39 is 10.0 Å². The molecule has 0 atom stereocenters. The van der Waals surface area contributed by atoms with Gasteiger partial charge in [-0.15, -0.1) is 0 Å². The van der Waals surface area contributed by atoms with Crippen LogP contribution in [0.25, 0.3) is 0 Å². The van der Waals surface area contributed by atoms with Gasteiger partial charge in [0.05, 0.1) is 4.90 Å². The number of nitrogens with one attached hydrogen (secondary N) is 2. The normalized spacial score (nSPS) is 11.6. The summed E-state index contributed by atoms with van der Waals surface area (Å²) in [4.78, 5) is 13.1. The second-order valence-corrected chi connectivity index (χ2v) is 4.90. The van der Waals surface area contributed by atoms with Gasteiger partial charge < -0.3 is 9.72 Å². The SMILES string of the molecule is COCCCNS(=O)(=O)c1ccc(=O)[nH]c1. The van der Waals surface area contributed by atoms with Crippen molar-refractivity contribution in [3.05, 3.63) is 28.7 Å². The zero-order valence-electron chi connectivity index (χ0n) is 8.89. The smallest absolute Gasteiger partial charge is 0.247 e. The summed E-state index contributed by atoms with van der Waals surface area (Å²) in [5, 5.41) is 0. The van der Waals surface area contributed by atoms with Gasteiger partial charge >= 0.3 is 0 Å². The molecule has 90 valence electrons. The summed E-state index contributed by atoms with van der Waals surface area (Å²) in [6.07, 6.45) is 1.76. The maximum Gasteiger partial charge on any atom is 0.247 e. The second-order valence-electron chi connectivity index (χ2n) is 3.13. The van der Waals surface area contributed by atoms with Crippen molar-refractivity contribution in [3.63, 3.8) is 0 Å². The lowest BCUT2D eigenvalue weighted by Gasteiger charge is -2.05. The first kappa shape index (κ1) is 12.9. The van der Waals surface area contributed by atoms with Crippen molar-refractivity contribution in [2.75, 3.05) is 20.3 Å². The monoisotopic (exact) mass is 246 g/mol. The summed E-state index contributed by atoms with van der Waals surface area (Å²) < 4.78 is 30.5. The summed E-state index contributed by atoms with van der Waals surface area (Å²) >= 11 is 0. The van der Waals surface area contributed by atoms with E-state index in [2.05, 4.69) is 9.71 Å². The molecule has 7 heteroatoms. The molecule has 0 aromatic carbocycles. The van der Waals surface area contributed by atoms with Crippen LogP contribution in [0.2, 0.25) is 0 Å². The van der Waals surface area contributed by atoms with Gasteiger partial charge in [-0.3, -0.25) is 4.79 Å². The van der Waals surface area contributed by atoms with Gasteiger partial charge in [-0.25, -0.2) is 13.1 Å². The molecule has 0 saturated carbocycles. The third-order valence-electron chi connectivity index (χ3n) is 1.88. The maximum absolute atomic E-state index is 11.6. The van der Waals surface area contributed by atoms with Crippen LogP contribution in [-0.4, -0.2) is 33.7 Å². The molecule has 1 heterocycles. The Bertz CT molecular complexity index is 460. The molecule has 1 aromatic heterocycles. The summed E-state index contributed by atoms with van der Waals surface area (Å²) in [6, 6.07) is 2.43. The highest BCUT2D eigenvalue weighted by Gasteiger charge is 2.12. The zero-order chi connectivity index (χ0) is 12.0. The molecule has 0 spiro atoms. The van der Waals surface area contributed by atoms with Crippen LogP contribution in [0.1, 0.15) is 6.42 Å². The van der Waals surface area contributed by atoms with E-state index in [1.165, 1.54) is 18.3 Å². The van der Waals surface area contributed by atoms with E-state index in [-0.39, 0.29) is 10.5 Å². The van der Waals surface area contributed by atoms with Gasteiger partial charge in [-0.1, -0.05) is 0 Å². The zero-order valence-corrected chi connectivity index (χ0v) is 9.71. The predicted molar refractivity (Wildman–Crippen MR) is 58.7 cm³/mol. The quantitative estimate of drug-likeness (QED) is 0.674. The van der Waals surface area contributed by atoms with Crippen molar-refractivity contribution in [3.8, 4) is 0 Å². The largest absolute Gasteiger partial charge is 0.385 e. The topological polar surface area (TPSA) is 88.3 Å². The molecular weight excluding hydrogens is 232 g/mol. The third kappa shape index (κ3) is 3.76. The summed E-state index contributed by atoms with van der Waals surface area (Å²) in [7, 11) is -1.98. The fourth-order valence-corrected chi connectivity index (χ4v) is 2.11. The van der Waals surface area contributed by atoms with Gasteiger partial charge in [0.2, 0.25) is 15.6 Å². The van der Waals surface area contributed by atoms with Crippen molar-refractivity contribution < 1.29 is 13.2 Å². The van der Waals surface area contributed by atoms with Crippen molar-refractivity contribution in [1.82, 2.24) is 9.71 Å². The van der Waals surface area contributed by atoms with Crippen molar-refractivity contribution in [1.29, 1.82) is 0 Å². The van der Waals surface area contributed by atoms with Crippen LogP contribution in [0.15, 0.2) is 28.0 Å². The molecule has 2 N–H and O–H groups in total. The highest BCUT2D eigenvalue weighted by atomic mass is 32.2. The fraction of sp³-hybridized carbons (Fsp3) is 0.444. The minimum atomic E-state index is -3.53. The predicted octanol–water partition coefficient (Wildman–Crippen LogP) is -0.310. The molecule has 0 fully saturated rings. The lowest BCUT2D eigenvalue weighted by molar-refractivity contribution is 0.196. The first-order chi connectivity index (χ1) is 7.56. The number of methoxy groups -OCH3 is 1. The number of pyridine rings is 1. The number of sulfonamides is 1. The number of aromatic amines is 1. The average Bonchev–Trinajstić information content (AvgIpc) is 2.25. The molecule has 0 aliphatic carbocycles. The van der Waals surface area contributed by atoms with E-state index in [4.69, 9.17) is 4.74 Å². The van der Waals surface area contributed by atoms with E-state index in [9.17, 15) is 13.2 Å². The molecule has 6 nitrogen and oxygen atoms in total. The van der Waals surface area contributed by atoms with Crippen LogP contribution >= 0.6 is 0 Å². The molecule has 1 aromatic rings. The van der Waals surface area contributed by atoms with E-state index in [1.807, 2.05) is 0 Å². The van der Waals surface area contributed by atoms with Gasteiger partial charge in [0.25, 0.3) is 0 Å².